The lowest BCUT2D eigenvalue weighted by molar-refractivity contribution is 0.0969. The fraction of sp³-hybridized carbons (Fsp3) is 0.250. The average molecular weight is 464 g/mol. The minimum Gasteiger partial charge on any atom is -0.312 e. The molecule has 9 heteroatoms. The van der Waals surface area contributed by atoms with E-state index in [0.717, 1.165) is 10.3 Å². The van der Waals surface area contributed by atoms with Crippen LogP contribution in [-0.4, -0.2) is 31.0 Å². The molecule has 5 rings (SSSR count). The first-order valence-corrected chi connectivity index (χ1v) is 11.0. The molecule has 0 unspecified atom stereocenters. The molecule has 0 amide bonds. The molecule has 2 aromatic carbocycles. The molecular weight excluding hydrogens is 442 g/mol. The summed E-state index contributed by atoms with van der Waals surface area (Å²) in [4.78, 5) is 46.0. The Hall–Kier alpha value is -3.65. The first-order chi connectivity index (χ1) is 15.8. The quantitative estimate of drug-likeness (QED) is 0.434. The van der Waals surface area contributed by atoms with Crippen LogP contribution in [0.3, 0.4) is 0 Å². The molecule has 0 radical (unpaired) electrons. The minimum atomic E-state index is -0.571. The van der Waals surface area contributed by atoms with E-state index >= 15 is 0 Å². The summed E-state index contributed by atoms with van der Waals surface area (Å²) in [5.41, 5.74) is 0.881. The van der Waals surface area contributed by atoms with E-state index in [1.165, 1.54) is 4.57 Å². The van der Waals surface area contributed by atoms with Gasteiger partial charge in [0.15, 0.2) is 16.9 Å². The molecule has 33 heavy (non-hydrogen) atoms. The number of halogens is 1. The van der Waals surface area contributed by atoms with Gasteiger partial charge in [-0.2, -0.15) is 4.98 Å². The smallest absolute Gasteiger partial charge is 0.312 e. The second-order valence-corrected chi connectivity index (χ2v) is 8.85. The van der Waals surface area contributed by atoms with Crippen LogP contribution in [0, 0.1) is 5.92 Å². The van der Waals surface area contributed by atoms with Crippen LogP contribution in [0.2, 0.25) is 5.02 Å². The number of aromatic nitrogens is 4. The first kappa shape index (κ1) is 21.2. The summed E-state index contributed by atoms with van der Waals surface area (Å²) in [6.45, 7) is 3.05. The van der Waals surface area contributed by atoms with E-state index in [4.69, 9.17) is 11.6 Å². The number of hydrogen-bond acceptors (Lipinski definition) is 5. The Morgan fingerprint density at radius 1 is 1.06 bits per heavy atom. The zero-order valence-corrected chi connectivity index (χ0v) is 19.0. The predicted octanol–water partition coefficient (Wildman–Crippen LogP) is 3.22. The summed E-state index contributed by atoms with van der Waals surface area (Å²) in [6, 6.07) is 16.1. The van der Waals surface area contributed by atoms with Crippen molar-refractivity contribution >= 4 is 40.2 Å². The summed E-state index contributed by atoms with van der Waals surface area (Å²) in [7, 11) is 1.57. The topological polar surface area (TPSA) is 82.1 Å². The van der Waals surface area contributed by atoms with Crippen molar-refractivity contribution in [1.82, 2.24) is 18.7 Å². The third-order valence-corrected chi connectivity index (χ3v) is 6.23. The number of aryl methyl sites for hydroxylation is 1. The zero-order valence-electron chi connectivity index (χ0n) is 18.2. The maximum Gasteiger partial charge on any atom is 0.332 e. The van der Waals surface area contributed by atoms with Gasteiger partial charge in [0.2, 0.25) is 5.95 Å². The number of fused-ring (bicyclic) bond motifs is 3. The van der Waals surface area contributed by atoms with Gasteiger partial charge in [-0.15, -0.1) is 0 Å². The number of benzene rings is 2. The molecule has 168 valence electrons. The summed E-state index contributed by atoms with van der Waals surface area (Å²) >= 11 is 6.06. The molecule has 1 atom stereocenters. The van der Waals surface area contributed by atoms with Gasteiger partial charge in [0.05, 0.1) is 6.54 Å². The van der Waals surface area contributed by atoms with Crippen molar-refractivity contribution in [3.05, 3.63) is 86.0 Å². The van der Waals surface area contributed by atoms with Crippen molar-refractivity contribution in [2.75, 3.05) is 11.4 Å². The van der Waals surface area contributed by atoms with Gasteiger partial charge in [-0.05, 0) is 30.2 Å². The van der Waals surface area contributed by atoms with Gasteiger partial charge < -0.3 is 9.47 Å². The van der Waals surface area contributed by atoms with Gasteiger partial charge >= 0.3 is 5.69 Å². The molecular formula is C24H22ClN5O3. The van der Waals surface area contributed by atoms with E-state index < -0.39 is 11.2 Å². The molecule has 0 spiro atoms. The third kappa shape index (κ3) is 3.56. The summed E-state index contributed by atoms with van der Waals surface area (Å²) in [5.74, 6) is 0.509. The van der Waals surface area contributed by atoms with E-state index in [2.05, 4.69) is 11.9 Å². The number of anilines is 2. The van der Waals surface area contributed by atoms with Gasteiger partial charge in [-0.1, -0.05) is 48.9 Å². The van der Waals surface area contributed by atoms with Crippen LogP contribution < -0.4 is 16.1 Å². The molecule has 0 aliphatic carbocycles. The van der Waals surface area contributed by atoms with Crippen molar-refractivity contribution < 1.29 is 4.79 Å². The van der Waals surface area contributed by atoms with Crippen molar-refractivity contribution in [3.8, 4) is 0 Å². The fourth-order valence-corrected chi connectivity index (χ4v) is 4.47. The Balaban J connectivity index is 1.68. The number of imidazole rings is 1. The highest BCUT2D eigenvalue weighted by atomic mass is 35.5. The lowest BCUT2D eigenvalue weighted by atomic mass is 10.1. The number of ketones is 1. The molecule has 8 nitrogen and oxygen atoms in total. The Kier molecular flexibility index (Phi) is 5.17. The number of hydrogen-bond donors (Lipinski definition) is 0. The van der Waals surface area contributed by atoms with Gasteiger partial charge in [-0.25, -0.2) is 4.79 Å². The minimum absolute atomic E-state index is 0.224. The molecule has 3 heterocycles. The van der Waals surface area contributed by atoms with Crippen LogP contribution >= 0.6 is 11.6 Å². The number of rotatable bonds is 4. The van der Waals surface area contributed by atoms with Crippen LogP contribution in [0.1, 0.15) is 17.3 Å². The van der Waals surface area contributed by atoms with Gasteiger partial charge in [0.25, 0.3) is 5.56 Å². The summed E-state index contributed by atoms with van der Waals surface area (Å²) in [6.07, 6.45) is 0. The van der Waals surface area contributed by atoms with Crippen LogP contribution in [0.15, 0.2) is 64.2 Å². The molecule has 2 aromatic heterocycles. The van der Waals surface area contributed by atoms with Gasteiger partial charge in [0.1, 0.15) is 0 Å². The van der Waals surface area contributed by atoms with Crippen molar-refractivity contribution in [2.24, 2.45) is 13.0 Å². The monoisotopic (exact) mass is 463 g/mol. The van der Waals surface area contributed by atoms with Crippen molar-refractivity contribution in [3.63, 3.8) is 0 Å². The highest BCUT2D eigenvalue weighted by Gasteiger charge is 2.30. The maximum atomic E-state index is 13.5. The Morgan fingerprint density at radius 3 is 2.45 bits per heavy atom. The molecule has 0 bridgehead atoms. The largest absolute Gasteiger partial charge is 0.332 e. The maximum absolute atomic E-state index is 13.5. The number of nitrogens with zero attached hydrogens (tertiary/aromatic N) is 5. The first-order valence-electron chi connectivity index (χ1n) is 10.7. The zero-order chi connectivity index (χ0) is 23.3. The van der Waals surface area contributed by atoms with Crippen LogP contribution in [0.25, 0.3) is 11.2 Å². The second kappa shape index (κ2) is 8.04. The number of carbonyl (C=O) groups excluding carboxylic acids is 1. The lowest BCUT2D eigenvalue weighted by Gasteiger charge is -2.33. The Morgan fingerprint density at radius 2 is 1.76 bits per heavy atom. The van der Waals surface area contributed by atoms with Gasteiger partial charge in [0, 0.05) is 36.4 Å². The molecule has 4 aromatic rings. The highest BCUT2D eigenvalue weighted by Crippen LogP contribution is 2.33. The Bertz CT molecular complexity index is 1490. The van der Waals surface area contributed by atoms with Crippen molar-refractivity contribution in [1.29, 1.82) is 0 Å². The fourth-order valence-electron chi connectivity index (χ4n) is 4.34. The SMILES string of the molecule is C[C@H]1CN(c2ccc(Cl)cc2)c2nc3c(c(=O)n(CC(=O)c4ccccc4)c(=O)n3C)n2C1. The molecule has 1 aliphatic heterocycles. The summed E-state index contributed by atoms with van der Waals surface area (Å²) in [5, 5.41) is 0.630. The van der Waals surface area contributed by atoms with E-state index in [9.17, 15) is 14.4 Å². The average Bonchev–Trinajstić information content (AvgIpc) is 3.20. The van der Waals surface area contributed by atoms with E-state index in [1.54, 1.807) is 49.5 Å². The lowest BCUT2D eigenvalue weighted by Crippen LogP contribution is -2.42. The van der Waals surface area contributed by atoms with Crippen LogP contribution in [-0.2, 0) is 20.1 Å². The van der Waals surface area contributed by atoms with E-state index in [-0.39, 0.29) is 18.2 Å². The third-order valence-electron chi connectivity index (χ3n) is 5.98. The normalized spacial score (nSPS) is 15.6. The number of Topliss-reactive ketones (excluding diaryl/α,β-unsaturated/α-hetero) is 1. The van der Waals surface area contributed by atoms with Crippen LogP contribution in [0.4, 0.5) is 11.6 Å². The summed E-state index contributed by atoms with van der Waals surface area (Å²) < 4.78 is 4.19. The highest BCUT2D eigenvalue weighted by molar-refractivity contribution is 6.30. The van der Waals surface area contributed by atoms with Crippen molar-refractivity contribution in [2.45, 2.75) is 20.0 Å². The standard InChI is InChI=1S/C24H22ClN5O3/c1-15-12-28(18-10-8-17(25)9-11-18)23-26-21-20(29(23)13-15)22(32)30(24(33)27(21)2)14-19(31)16-6-4-3-5-7-16/h3-11,15H,12-14H2,1-2H3/t15-/m0/s1. The van der Waals surface area contributed by atoms with Gasteiger partial charge in [-0.3, -0.25) is 18.7 Å². The molecule has 0 N–H and O–H groups in total. The van der Waals surface area contributed by atoms with E-state index in [1.807, 2.05) is 21.6 Å². The van der Waals surface area contributed by atoms with E-state index in [0.29, 0.717) is 40.8 Å². The molecule has 0 saturated carbocycles. The molecule has 1 aliphatic rings. The Labute approximate surface area is 194 Å². The molecule has 0 saturated heterocycles. The predicted molar refractivity (Wildman–Crippen MR) is 128 cm³/mol. The van der Waals surface area contributed by atoms with Crippen LogP contribution in [0.5, 0.6) is 0 Å². The molecule has 0 fully saturated rings. The second-order valence-electron chi connectivity index (χ2n) is 8.41. The number of carbonyl (C=O) groups is 1.